The van der Waals surface area contributed by atoms with E-state index >= 15 is 0 Å². The van der Waals surface area contributed by atoms with Crippen LogP contribution in [0.2, 0.25) is 0 Å². The standard InChI is InChI=1S/C15H27N3O5S/c1-14(2)13(19)16-15(23-14)7-4-8-18(11-15)24(20,21)17(3)12-5-9-22-10-6-12/h12H,4-11H2,1-3H3,(H,16,19). The van der Waals surface area contributed by atoms with Crippen LogP contribution in [-0.4, -0.2) is 73.7 Å². The van der Waals surface area contributed by atoms with Crippen LogP contribution in [0, 0.1) is 0 Å². The lowest BCUT2D eigenvalue weighted by atomic mass is 10.0. The van der Waals surface area contributed by atoms with Gasteiger partial charge >= 0.3 is 0 Å². The first-order chi connectivity index (χ1) is 11.2. The highest BCUT2D eigenvalue weighted by molar-refractivity contribution is 7.86. The van der Waals surface area contributed by atoms with E-state index in [1.165, 1.54) is 8.61 Å². The highest BCUT2D eigenvalue weighted by Gasteiger charge is 2.53. The summed E-state index contributed by atoms with van der Waals surface area (Å²) in [6.07, 6.45) is 2.68. The van der Waals surface area contributed by atoms with Crippen molar-refractivity contribution in [2.45, 2.75) is 56.9 Å². The van der Waals surface area contributed by atoms with Crippen LogP contribution in [0.3, 0.4) is 0 Å². The zero-order chi connectivity index (χ0) is 17.6. The molecule has 1 atom stereocenters. The molecule has 3 aliphatic rings. The second-order valence-electron chi connectivity index (χ2n) is 7.37. The summed E-state index contributed by atoms with van der Waals surface area (Å²) in [7, 11) is -1.97. The maximum absolute atomic E-state index is 13.0. The van der Waals surface area contributed by atoms with Gasteiger partial charge in [-0.2, -0.15) is 17.0 Å². The molecule has 0 aromatic rings. The summed E-state index contributed by atoms with van der Waals surface area (Å²) in [5, 5.41) is 2.87. The SMILES string of the molecule is CN(C1CCOCC1)S(=O)(=O)N1CCCC2(C1)NC(=O)C(C)(C)O2. The number of nitrogens with zero attached hydrogens (tertiary/aromatic N) is 2. The Balaban J connectivity index is 1.75. The van der Waals surface area contributed by atoms with E-state index in [1.54, 1.807) is 20.9 Å². The Kier molecular flexibility index (Phi) is 4.67. The van der Waals surface area contributed by atoms with E-state index in [2.05, 4.69) is 5.32 Å². The molecule has 0 bridgehead atoms. The van der Waals surface area contributed by atoms with Gasteiger partial charge in [-0.3, -0.25) is 4.79 Å². The Bertz CT molecular complexity index is 602. The molecule has 1 spiro atoms. The Morgan fingerprint density at radius 3 is 2.54 bits per heavy atom. The molecule has 3 saturated heterocycles. The fourth-order valence-corrected chi connectivity index (χ4v) is 5.39. The number of piperidine rings is 1. The summed E-state index contributed by atoms with van der Waals surface area (Å²) < 4.78 is 40.2. The Hall–Kier alpha value is -0.740. The number of rotatable bonds is 3. The van der Waals surface area contributed by atoms with Gasteiger partial charge in [0.1, 0.15) is 5.60 Å². The van der Waals surface area contributed by atoms with Gasteiger partial charge in [0.15, 0.2) is 5.72 Å². The molecule has 1 N–H and O–H groups in total. The minimum absolute atomic E-state index is 0.0443. The average Bonchev–Trinajstić information content (AvgIpc) is 2.75. The third-order valence-electron chi connectivity index (χ3n) is 5.15. The molecular formula is C15H27N3O5S. The maximum atomic E-state index is 13.0. The second-order valence-corrected chi connectivity index (χ2v) is 9.35. The van der Waals surface area contributed by atoms with E-state index in [9.17, 15) is 13.2 Å². The van der Waals surface area contributed by atoms with Crippen LogP contribution in [0.4, 0.5) is 0 Å². The summed E-state index contributed by atoms with van der Waals surface area (Å²) in [5.74, 6) is -0.195. The summed E-state index contributed by atoms with van der Waals surface area (Å²) >= 11 is 0. The van der Waals surface area contributed by atoms with E-state index in [0.717, 1.165) is 0 Å². The first-order valence-corrected chi connectivity index (χ1v) is 9.90. The number of carbonyl (C=O) groups is 1. The van der Waals surface area contributed by atoms with E-state index in [-0.39, 0.29) is 18.5 Å². The van der Waals surface area contributed by atoms with Crippen LogP contribution in [-0.2, 0) is 24.5 Å². The van der Waals surface area contributed by atoms with Gasteiger partial charge < -0.3 is 14.8 Å². The van der Waals surface area contributed by atoms with Crippen molar-refractivity contribution < 1.29 is 22.7 Å². The van der Waals surface area contributed by atoms with Crippen LogP contribution in [0.25, 0.3) is 0 Å². The number of hydrogen-bond acceptors (Lipinski definition) is 5. The van der Waals surface area contributed by atoms with Crippen molar-refractivity contribution in [3.8, 4) is 0 Å². The van der Waals surface area contributed by atoms with Crippen molar-refractivity contribution in [2.75, 3.05) is 33.4 Å². The van der Waals surface area contributed by atoms with E-state index in [0.29, 0.717) is 45.4 Å². The molecule has 0 aliphatic carbocycles. The molecule has 0 aromatic heterocycles. The van der Waals surface area contributed by atoms with Gasteiger partial charge in [0, 0.05) is 32.8 Å². The zero-order valence-electron chi connectivity index (χ0n) is 14.6. The topological polar surface area (TPSA) is 88.2 Å². The van der Waals surface area contributed by atoms with Crippen LogP contribution >= 0.6 is 0 Å². The monoisotopic (exact) mass is 361 g/mol. The molecule has 1 amide bonds. The molecule has 138 valence electrons. The molecule has 1 unspecified atom stereocenters. The normalized spacial score (nSPS) is 32.4. The van der Waals surface area contributed by atoms with Gasteiger partial charge in [-0.05, 0) is 39.5 Å². The van der Waals surface area contributed by atoms with Crippen molar-refractivity contribution in [2.24, 2.45) is 0 Å². The highest BCUT2D eigenvalue weighted by atomic mass is 32.2. The molecule has 0 aromatic carbocycles. The number of amides is 1. The molecule has 24 heavy (non-hydrogen) atoms. The van der Waals surface area contributed by atoms with Crippen molar-refractivity contribution >= 4 is 16.1 Å². The summed E-state index contributed by atoms with van der Waals surface area (Å²) in [6, 6.07) is -0.0443. The summed E-state index contributed by atoms with van der Waals surface area (Å²) in [5.41, 5.74) is -1.85. The second kappa shape index (κ2) is 6.21. The van der Waals surface area contributed by atoms with Crippen molar-refractivity contribution in [1.29, 1.82) is 0 Å². The molecule has 0 radical (unpaired) electrons. The van der Waals surface area contributed by atoms with Crippen LogP contribution < -0.4 is 5.32 Å². The fourth-order valence-electron chi connectivity index (χ4n) is 3.70. The van der Waals surface area contributed by atoms with E-state index < -0.39 is 21.5 Å². The van der Waals surface area contributed by atoms with E-state index in [1.807, 2.05) is 0 Å². The smallest absolute Gasteiger partial charge is 0.282 e. The highest BCUT2D eigenvalue weighted by Crippen LogP contribution is 2.35. The van der Waals surface area contributed by atoms with Crippen molar-refractivity contribution in [3.05, 3.63) is 0 Å². The van der Waals surface area contributed by atoms with Crippen molar-refractivity contribution in [3.63, 3.8) is 0 Å². The number of nitrogens with one attached hydrogen (secondary N) is 1. The van der Waals surface area contributed by atoms with E-state index in [4.69, 9.17) is 9.47 Å². The number of ether oxygens (including phenoxy) is 2. The summed E-state index contributed by atoms with van der Waals surface area (Å²) in [6.45, 7) is 5.18. The van der Waals surface area contributed by atoms with Gasteiger partial charge in [0.25, 0.3) is 16.1 Å². The predicted molar refractivity (Wildman–Crippen MR) is 87.4 cm³/mol. The molecular weight excluding hydrogens is 334 g/mol. The molecule has 3 fully saturated rings. The van der Waals surface area contributed by atoms with Crippen LogP contribution in [0.1, 0.15) is 39.5 Å². The zero-order valence-corrected chi connectivity index (χ0v) is 15.4. The lowest BCUT2D eigenvalue weighted by Crippen LogP contribution is -2.59. The van der Waals surface area contributed by atoms with Crippen LogP contribution in [0.5, 0.6) is 0 Å². The lowest BCUT2D eigenvalue weighted by Gasteiger charge is -2.42. The minimum Gasteiger partial charge on any atom is -0.381 e. The first-order valence-electron chi connectivity index (χ1n) is 8.50. The van der Waals surface area contributed by atoms with Gasteiger partial charge in [-0.25, -0.2) is 0 Å². The van der Waals surface area contributed by atoms with Gasteiger partial charge in [-0.15, -0.1) is 0 Å². The van der Waals surface area contributed by atoms with Gasteiger partial charge in [0.05, 0.1) is 6.54 Å². The number of carbonyl (C=O) groups excluding carboxylic acids is 1. The Morgan fingerprint density at radius 2 is 1.96 bits per heavy atom. The first kappa shape index (κ1) is 18.1. The molecule has 3 aliphatic heterocycles. The molecule has 8 nitrogen and oxygen atoms in total. The maximum Gasteiger partial charge on any atom is 0.282 e. The molecule has 0 saturated carbocycles. The third kappa shape index (κ3) is 3.20. The minimum atomic E-state index is -3.60. The predicted octanol–water partition coefficient (Wildman–Crippen LogP) is 0.0591. The quantitative estimate of drug-likeness (QED) is 0.768. The summed E-state index contributed by atoms with van der Waals surface area (Å²) in [4.78, 5) is 12.1. The Morgan fingerprint density at radius 1 is 1.29 bits per heavy atom. The molecule has 9 heteroatoms. The number of hydrogen-bond donors (Lipinski definition) is 1. The fraction of sp³-hybridized carbons (Fsp3) is 0.933. The average molecular weight is 361 g/mol. The molecule has 3 heterocycles. The third-order valence-corrected chi connectivity index (χ3v) is 7.14. The van der Waals surface area contributed by atoms with Crippen molar-refractivity contribution in [1.82, 2.24) is 13.9 Å². The van der Waals surface area contributed by atoms with Crippen LogP contribution in [0.15, 0.2) is 0 Å². The van der Waals surface area contributed by atoms with Gasteiger partial charge in [-0.1, -0.05) is 0 Å². The Labute approximate surface area is 143 Å². The lowest BCUT2D eigenvalue weighted by molar-refractivity contribution is -0.137. The largest absolute Gasteiger partial charge is 0.381 e. The van der Waals surface area contributed by atoms with Gasteiger partial charge in [0.2, 0.25) is 0 Å². The molecule has 3 rings (SSSR count).